The standard InChI is InChI=1S/C18H19F3N4O4/c1-4-17(3)14(26)25(16(27)24-17)11-8-22-15(23-9-11)28-12-6-5-10(2)13(7-12)29-18(19,20)21/h5-9,14,26H,4H2,1-3H3,(H,24,27)/t14?,17-/m1/s1. The number of aromatic nitrogens is 2. The van der Waals surface area contributed by atoms with Crippen molar-refractivity contribution >= 4 is 11.7 Å². The monoisotopic (exact) mass is 412 g/mol. The lowest BCUT2D eigenvalue weighted by molar-refractivity contribution is -0.274. The number of ether oxygens (including phenoxy) is 2. The number of benzene rings is 1. The summed E-state index contributed by atoms with van der Waals surface area (Å²) in [6.07, 6.45) is -2.89. The van der Waals surface area contributed by atoms with Crippen LogP contribution in [0.2, 0.25) is 0 Å². The van der Waals surface area contributed by atoms with Gasteiger partial charge in [0.2, 0.25) is 0 Å². The minimum Gasteiger partial charge on any atom is -0.424 e. The summed E-state index contributed by atoms with van der Waals surface area (Å²) in [6, 6.07) is 3.28. The molecule has 0 spiro atoms. The first-order valence-corrected chi connectivity index (χ1v) is 8.68. The molecule has 2 heterocycles. The van der Waals surface area contributed by atoms with E-state index in [-0.39, 0.29) is 23.0 Å². The van der Waals surface area contributed by atoms with Crippen molar-refractivity contribution in [2.45, 2.75) is 45.3 Å². The number of hydrogen-bond acceptors (Lipinski definition) is 6. The van der Waals surface area contributed by atoms with Gasteiger partial charge in [-0.15, -0.1) is 13.2 Å². The van der Waals surface area contributed by atoms with Crippen molar-refractivity contribution in [1.82, 2.24) is 15.3 Å². The number of amides is 2. The molecule has 1 aromatic carbocycles. The highest BCUT2D eigenvalue weighted by Gasteiger charge is 2.47. The molecule has 156 valence electrons. The second-order valence-electron chi connectivity index (χ2n) is 6.75. The zero-order chi connectivity index (χ0) is 21.4. The van der Waals surface area contributed by atoms with Crippen molar-refractivity contribution in [2.24, 2.45) is 0 Å². The molecule has 2 amide bonds. The fourth-order valence-corrected chi connectivity index (χ4v) is 2.76. The van der Waals surface area contributed by atoms with Crippen LogP contribution in [0.5, 0.6) is 17.5 Å². The number of aryl methyl sites for hydroxylation is 1. The third-order valence-electron chi connectivity index (χ3n) is 4.65. The summed E-state index contributed by atoms with van der Waals surface area (Å²) < 4.78 is 46.7. The molecule has 3 rings (SSSR count). The lowest BCUT2D eigenvalue weighted by Crippen LogP contribution is -2.46. The molecule has 2 atom stereocenters. The van der Waals surface area contributed by atoms with Crippen LogP contribution in [0.4, 0.5) is 23.7 Å². The molecule has 1 aromatic heterocycles. The minimum absolute atomic E-state index is 0.0418. The first kappa shape index (κ1) is 20.6. The summed E-state index contributed by atoms with van der Waals surface area (Å²) in [7, 11) is 0. The third-order valence-corrected chi connectivity index (χ3v) is 4.65. The van der Waals surface area contributed by atoms with Crippen LogP contribution in [-0.2, 0) is 0 Å². The van der Waals surface area contributed by atoms with E-state index >= 15 is 0 Å². The van der Waals surface area contributed by atoms with Gasteiger partial charge in [0.05, 0.1) is 23.6 Å². The largest absolute Gasteiger partial charge is 0.573 e. The number of urea groups is 1. The number of nitrogens with zero attached hydrogens (tertiary/aromatic N) is 3. The van der Waals surface area contributed by atoms with Gasteiger partial charge in [-0.25, -0.2) is 14.8 Å². The van der Waals surface area contributed by atoms with E-state index in [9.17, 15) is 23.1 Å². The Morgan fingerprint density at radius 3 is 2.52 bits per heavy atom. The van der Waals surface area contributed by atoms with Gasteiger partial charge in [0.15, 0.2) is 6.23 Å². The summed E-state index contributed by atoms with van der Waals surface area (Å²) in [4.78, 5) is 21.2. The Kier molecular flexibility index (Phi) is 5.26. The Labute approximate surface area is 164 Å². The van der Waals surface area contributed by atoms with Crippen molar-refractivity contribution in [3.05, 3.63) is 36.2 Å². The van der Waals surface area contributed by atoms with Gasteiger partial charge in [-0.2, -0.15) is 0 Å². The van der Waals surface area contributed by atoms with Crippen molar-refractivity contribution in [2.75, 3.05) is 4.90 Å². The van der Waals surface area contributed by atoms with Crippen LogP contribution in [0.25, 0.3) is 0 Å². The molecule has 1 unspecified atom stereocenters. The van der Waals surface area contributed by atoms with Crippen LogP contribution in [-0.4, -0.2) is 39.2 Å². The number of carbonyl (C=O) groups excluding carboxylic acids is 1. The second kappa shape index (κ2) is 7.39. The summed E-state index contributed by atoms with van der Waals surface area (Å²) in [5.74, 6) is -0.359. The number of aliphatic hydroxyl groups is 1. The van der Waals surface area contributed by atoms with Crippen LogP contribution in [0.15, 0.2) is 30.6 Å². The molecule has 0 saturated carbocycles. The molecule has 2 aromatic rings. The molecule has 1 aliphatic heterocycles. The summed E-state index contributed by atoms with van der Waals surface area (Å²) >= 11 is 0. The van der Waals surface area contributed by atoms with Crippen molar-refractivity contribution in [1.29, 1.82) is 0 Å². The maximum atomic E-state index is 12.5. The number of rotatable bonds is 5. The normalized spacial score (nSPS) is 21.8. The van der Waals surface area contributed by atoms with Crippen molar-refractivity contribution < 1.29 is 32.5 Å². The van der Waals surface area contributed by atoms with Gasteiger partial charge >= 0.3 is 18.4 Å². The zero-order valence-electron chi connectivity index (χ0n) is 15.8. The van der Waals surface area contributed by atoms with Gasteiger partial charge in [-0.1, -0.05) is 13.0 Å². The SMILES string of the molecule is CC[C@@]1(C)NC(=O)N(c2cnc(Oc3ccc(C)c(OC(F)(F)F)c3)nc2)C1O. The first-order chi connectivity index (χ1) is 13.5. The summed E-state index contributed by atoms with van der Waals surface area (Å²) in [6.45, 7) is 5.01. The average Bonchev–Trinajstić information content (AvgIpc) is 2.87. The number of alkyl halides is 3. The molecule has 1 fully saturated rings. The highest BCUT2D eigenvalue weighted by Crippen LogP contribution is 2.32. The summed E-state index contributed by atoms with van der Waals surface area (Å²) in [5, 5.41) is 13.1. The quantitative estimate of drug-likeness (QED) is 0.780. The Bertz CT molecular complexity index is 907. The van der Waals surface area contributed by atoms with E-state index in [0.29, 0.717) is 6.42 Å². The highest BCUT2D eigenvalue weighted by atomic mass is 19.4. The highest BCUT2D eigenvalue weighted by molar-refractivity contribution is 5.95. The predicted molar refractivity (Wildman–Crippen MR) is 95.7 cm³/mol. The second-order valence-corrected chi connectivity index (χ2v) is 6.75. The molecule has 0 bridgehead atoms. The lowest BCUT2D eigenvalue weighted by Gasteiger charge is -2.28. The van der Waals surface area contributed by atoms with Crippen LogP contribution in [0.1, 0.15) is 25.8 Å². The van der Waals surface area contributed by atoms with E-state index < -0.39 is 29.9 Å². The number of nitrogens with one attached hydrogen (secondary N) is 1. The molecule has 8 nitrogen and oxygen atoms in total. The van der Waals surface area contributed by atoms with Gasteiger partial charge in [-0.05, 0) is 31.9 Å². The van der Waals surface area contributed by atoms with E-state index in [0.717, 1.165) is 11.0 Å². The maximum Gasteiger partial charge on any atom is 0.573 e. The number of anilines is 1. The Morgan fingerprint density at radius 2 is 1.97 bits per heavy atom. The van der Waals surface area contributed by atoms with Crippen LogP contribution >= 0.6 is 0 Å². The molecular weight excluding hydrogens is 393 g/mol. The number of halogens is 3. The van der Waals surface area contributed by atoms with Crippen LogP contribution < -0.4 is 19.7 Å². The molecule has 0 radical (unpaired) electrons. The minimum atomic E-state index is -4.83. The van der Waals surface area contributed by atoms with E-state index in [2.05, 4.69) is 20.0 Å². The number of carbonyl (C=O) groups is 1. The van der Waals surface area contributed by atoms with E-state index in [1.165, 1.54) is 31.5 Å². The molecular formula is C18H19F3N4O4. The smallest absolute Gasteiger partial charge is 0.424 e. The predicted octanol–water partition coefficient (Wildman–Crippen LogP) is 3.49. The van der Waals surface area contributed by atoms with Gasteiger partial charge < -0.3 is 19.9 Å². The topological polar surface area (TPSA) is 96.8 Å². The van der Waals surface area contributed by atoms with Gasteiger partial charge in [0.25, 0.3) is 0 Å². The van der Waals surface area contributed by atoms with E-state index in [1.807, 2.05) is 6.92 Å². The Morgan fingerprint density at radius 1 is 1.31 bits per heavy atom. The lowest BCUT2D eigenvalue weighted by atomic mass is 9.98. The fourth-order valence-electron chi connectivity index (χ4n) is 2.76. The molecule has 2 N–H and O–H groups in total. The van der Waals surface area contributed by atoms with E-state index in [4.69, 9.17) is 4.74 Å². The molecule has 0 aliphatic carbocycles. The molecule has 29 heavy (non-hydrogen) atoms. The molecule has 1 saturated heterocycles. The Hall–Kier alpha value is -3.08. The zero-order valence-corrected chi connectivity index (χ0v) is 15.8. The molecule has 1 aliphatic rings. The van der Waals surface area contributed by atoms with Gasteiger partial charge in [-0.3, -0.25) is 4.90 Å². The summed E-state index contributed by atoms with van der Waals surface area (Å²) in [5.41, 5.74) is -0.299. The average molecular weight is 412 g/mol. The van der Waals surface area contributed by atoms with Crippen molar-refractivity contribution in [3.63, 3.8) is 0 Å². The maximum absolute atomic E-state index is 12.5. The van der Waals surface area contributed by atoms with Crippen LogP contribution in [0, 0.1) is 6.92 Å². The number of aliphatic hydroxyl groups excluding tert-OH is 1. The van der Waals surface area contributed by atoms with E-state index in [1.54, 1.807) is 6.92 Å². The van der Waals surface area contributed by atoms with Crippen molar-refractivity contribution in [3.8, 4) is 17.5 Å². The number of hydrogen-bond donors (Lipinski definition) is 2. The van der Waals surface area contributed by atoms with Gasteiger partial charge in [0, 0.05) is 6.07 Å². The van der Waals surface area contributed by atoms with Crippen LogP contribution in [0.3, 0.4) is 0 Å². The third kappa shape index (κ3) is 4.34. The van der Waals surface area contributed by atoms with Gasteiger partial charge in [0.1, 0.15) is 11.5 Å². The fraction of sp³-hybridized carbons (Fsp3) is 0.389. The molecule has 11 heteroatoms. The Balaban J connectivity index is 1.77. The first-order valence-electron chi connectivity index (χ1n) is 8.68.